The third kappa shape index (κ3) is 1.47. The van der Waals surface area contributed by atoms with E-state index in [1.807, 2.05) is 0 Å². The molecule has 13 heavy (non-hydrogen) atoms. The second-order valence-corrected chi connectivity index (χ2v) is 2.94. The quantitative estimate of drug-likeness (QED) is 0.686. The number of aromatic nitrogens is 2. The Morgan fingerprint density at radius 3 is 2.92 bits per heavy atom. The SMILES string of the molecule is FC1(F)CNCC=C1c1cn[nH]c1. The van der Waals surface area contributed by atoms with Crippen LogP contribution in [0, 0.1) is 0 Å². The summed E-state index contributed by atoms with van der Waals surface area (Å²) in [5, 5.41) is 8.77. The Kier molecular flexibility index (Phi) is 1.88. The predicted octanol–water partition coefficient (Wildman–Crippen LogP) is 1.03. The molecule has 0 aliphatic carbocycles. The summed E-state index contributed by atoms with van der Waals surface area (Å²) in [5.74, 6) is -2.79. The van der Waals surface area contributed by atoms with Crippen molar-refractivity contribution >= 4 is 5.57 Å². The van der Waals surface area contributed by atoms with Crippen LogP contribution in [0.3, 0.4) is 0 Å². The molecule has 1 aliphatic heterocycles. The molecule has 70 valence electrons. The van der Waals surface area contributed by atoms with Gasteiger partial charge < -0.3 is 5.32 Å². The van der Waals surface area contributed by atoms with Crippen LogP contribution in [-0.4, -0.2) is 29.2 Å². The van der Waals surface area contributed by atoms with Crippen LogP contribution < -0.4 is 5.32 Å². The number of alkyl halides is 2. The zero-order valence-electron chi connectivity index (χ0n) is 6.85. The van der Waals surface area contributed by atoms with E-state index in [2.05, 4.69) is 15.5 Å². The molecule has 0 bridgehead atoms. The van der Waals surface area contributed by atoms with Crippen molar-refractivity contribution in [3.05, 3.63) is 24.0 Å². The van der Waals surface area contributed by atoms with Crippen molar-refractivity contribution in [2.75, 3.05) is 13.1 Å². The molecule has 0 saturated heterocycles. The van der Waals surface area contributed by atoms with Gasteiger partial charge in [0, 0.05) is 23.9 Å². The van der Waals surface area contributed by atoms with Crippen LogP contribution in [0.4, 0.5) is 8.78 Å². The maximum Gasteiger partial charge on any atom is 0.285 e. The van der Waals surface area contributed by atoms with Crippen molar-refractivity contribution in [3.8, 4) is 0 Å². The summed E-state index contributed by atoms with van der Waals surface area (Å²) in [6.45, 7) is 0.181. The standard InChI is InChI=1S/C8H9F2N3/c9-8(10)5-11-2-1-7(8)6-3-12-13-4-6/h1,3-4,11H,2,5H2,(H,12,13). The van der Waals surface area contributed by atoms with Crippen molar-refractivity contribution in [3.63, 3.8) is 0 Å². The summed E-state index contributed by atoms with van der Waals surface area (Å²) in [7, 11) is 0. The van der Waals surface area contributed by atoms with Gasteiger partial charge in [0.2, 0.25) is 0 Å². The van der Waals surface area contributed by atoms with Crippen LogP contribution in [0.1, 0.15) is 5.56 Å². The summed E-state index contributed by atoms with van der Waals surface area (Å²) in [6.07, 6.45) is 4.38. The molecule has 1 aromatic heterocycles. The molecule has 2 heterocycles. The highest BCUT2D eigenvalue weighted by Crippen LogP contribution is 2.32. The molecule has 2 N–H and O–H groups in total. The van der Waals surface area contributed by atoms with E-state index in [-0.39, 0.29) is 12.1 Å². The number of rotatable bonds is 1. The second kappa shape index (κ2) is 2.92. The topological polar surface area (TPSA) is 40.7 Å². The van der Waals surface area contributed by atoms with Crippen LogP contribution >= 0.6 is 0 Å². The highest BCUT2D eigenvalue weighted by Gasteiger charge is 2.36. The Bertz CT molecular complexity index is 316. The largest absolute Gasteiger partial charge is 0.307 e. The minimum absolute atomic E-state index is 0.0556. The zero-order valence-corrected chi connectivity index (χ0v) is 6.85. The van der Waals surface area contributed by atoms with Gasteiger partial charge in [0.25, 0.3) is 5.92 Å². The predicted molar refractivity (Wildman–Crippen MR) is 44.4 cm³/mol. The minimum atomic E-state index is -2.79. The molecule has 0 fully saturated rings. The van der Waals surface area contributed by atoms with Gasteiger partial charge in [0.15, 0.2) is 0 Å². The van der Waals surface area contributed by atoms with Crippen molar-refractivity contribution in [2.45, 2.75) is 5.92 Å². The fourth-order valence-corrected chi connectivity index (χ4v) is 1.38. The van der Waals surface area contributed by atoms with E-state index in [1.165, 1.54) is 18.5 Å². The van der Waals surface area contributed by atoms with Crippen molar-refractivity contribution in [1.82, 2.24) is 15.5 Å². The van der Waals surface area contributed by atoms with Gasteiger partial charge in [-0.1, -0.05) is 6.08 Å². The van der Waals surface area contributed by atoms with E-state index >= 15 is 0 Å². The number of hydrogen-bond acceptors (Lipinski definition) is 2. The molecule has 5 heteroatoms. The molecule has 0 amide bonds. The molecule has 1 aliphatic rings. The van der Waals surface area contributed by atoms with E-state index in [4.69, 9.17) is 0 Å². The van der Waals surface area contributed by atoms with E-state index < -0.39 is 5.92 Å². The first-order valence-corrected chi connectivity index (χ1v) is 3.98. The highest BCUT2D eigenvalue weighted by atomic mass is 19.3. The van der Waals surface area contributed by atoms with Crippen LogP contribution in [0.5, 0.6) is 0 Å². The first kappa shape index (κ1) is 8.37. The lowest BCUT2D eigenvalue weighted by Crippen LogP contribution is -2.38. The molecule has 0 radical (unpaired) electrons. The zero-order chi connectivity index (χ0) is 9.31. The molecule has 0 atom stereocenters. The number of aromatic amines is 1. The van der Waals surface area contributed by atoms with Gasteiger partial charge in [-0.05, 0) is 0 Å². The summed E-state index contributed by atoms with van der Waals surface area (Å²) in [6, 6.07) is 0. The molecule has 0 aromatic carbocycles. The third-order valence-electron chi connectivity index (χ3n) is 2.00. The maximum absolute atomic E-state index is 13.3. The van der Waals surface area contributed by atoms with Gasteiger partial charge in [0.05, 0.1) is 12.7 Å². The first-order valence-electron chi connectivity index (χ1n) is 3.98. The molecular weight excluding hydrogens is 176 g/mol. The van der Waals surface area contributed by atoms with Crippen LogP contribution in [-0.2, 0) is 0 Å². The fraction of sp³-hybridized carbons (Fsp3) is 0.375. The third-order valence-corrected chi connectivity index (χ3v) is 2.00. The number of nitrogens with one attached hydrogen (secondary N) is 2. The summed E-state index contributed by atoms with van der Waals surface area (Å²) in [4.78, 5) is 0. The Labute approximate surface area is 73.8 Å². The smallest absolute Gasteiger partial charge is 0.285 e. The summed E-state index contributed by atoms with van der Waals surface area (Å²) >= 11 is 0. The van der Waals surface area contributed by atoms with Gasteiger partial charge in [0.1, 0.15) is 0 Å². The lowest BCUT2D eigenvalue weighted by molar-refractivity contribution is 0.0636. The van der Waals surface area contributed by atoms with E-state index in [0.29, 0.717) is 12.1 Å². The number of H-pyrrole nitrogens is 1. The molecule has 0 spiro atoms. The molecule has 3 nitrogen and oxygen atoms in total. The van der Waals surface area contributed by atoms with Gasteiger partial charge in [-0.15, -0.1) is 0 Å². The number of nitrogens with zero attached hydrogens (tertiary/aromatic N) is 1. The second-order valence-electron chi connectivity index (χ2n) is 2.94. The van der Waals surface area contributed by atoms with Crippen LogP contribution in [0.25, 0.3) is 5.57 Å². The summed E-state index contributed by atoms with van der Waals surface area (Å²) in [5.41, 5.74) is 0.520. The van der Waals surface area contributed by atoms with Gasteiger partial charge in [-0.3, -0.25) is 5.10 Å². The van der Waals surface area contributed by atoms with Crippen LogP contribution in [0.15, 0.2) is 18.5 Å². The fourth-order valence-electron chi connectivity index (χ4n) is 1.38. The monoisotopic (exact) mass is 185 g/mol. The van der Waals surface area contributed by atoms with E-state index in [1.54, 1.807) is 0 Å². The molecular formula is C8H9F2N3. The van der Waals surface area contributed by atoms with E-state index in [0.717, 1.165) is 0 Å². The van der Waals surface area contributed by atoms with Gasteiger partial charge in [-0.25, -0.2) is 0 Å². The Hall–Kier alpha value is -1.23. The molecule has 2 rings (SSSR count). The van der Waals surface area contributed by atoms with Gasteiger partial charge in [-0.2, -0.15) is 13.9 Å². The molecule has 0 unspecified atom stereocenters. The lowest BCUT2D eigenvalue weighted by Gasteiger charge is -2.23. The van der Waals surface area contributed by atoms with Crippen LogP contribution in [0.2, 0.25) is 0 Å². The maximum atomic E-state index is 13.3. The van der Waals surface area contributed by atoms with Gasteiger partial charge >= 0.3 is 0 Å². The lowest BCUT2D eigenvalue weighted by atomic mass is 10.00. The Balaban J connectivity index is 2.36. The average molecular weight is 185 g/mol. The normalized spacial score (nSPS) is 21.2. The summed E-state index contributed by atoms with van der Waals surface area (Å²) < 4.78 is 26.5. The van der Waals surface area contributed by atoms with Crippen molar-refractivity contribution < 1.29 is 8.78 Å². The van der Waals surface area contributed by atoms with E-state index in [9.17, 15) is 8.78 Å². The number of halogens is 2. The average Bonchev–Trinajstić information content (AvgIpc) is 2.55. The first-order chi connectivity index (χ1) is 6.20. The Morgan fingerprint density at radius 2 is 2.31 bits per heavy atom. The highest BCUT2D eigenvalue weighted by molar-refractivity contribution is 5.71. The molecule has 1 aromatic rings. The Morgan fingerprint density at radius 1 is 1.46 bits per heavy atom. The molecule has 0 saturated carbocycles. The minimum Gasteiger partial charge on any atom is -0.307 e. The van der Waals surface area contributed by atoms with Crippen molar-refractivity contribution in [2.24, 2.45) is 0 Å². The number of hydrogen-bond donors (Lipinski definition) is 2. The van der Waals surface area contributed by atoms with Crippen molar-refractivity contribution in [1.29, 1.82) is 0 Å².